The van der Waals surface area contributed by atoms with Gasteiger partial charge in [-0.15, -0.1) is 13.2 Å². The second-order valence-corrected chi connectivity index (χ2v) is 8.92. The van der Waals surface area contributed by atoms with Gasteiger partial charge in [-0.2, -0.15) is 4.39 Å². The van der Waals surface area contributed by atoms with Crippen molar-refractivity contribution in [3.8, 4) is 5.75 Å². The number of alkyl halides is 3. The van der Waals surface area contributed by atoms with Gasteiger partial charge in [-0.05, 0) is 43.4 Å². The summed E-state index contributed by atoms with van der Waals surface area (Å²) in [5.41, 5.74) is 1.27. The molecule has 0 saturated carbocycles. The van der Waals surface area contributed by atoms with Gasteiger partial charge in [0.2, 0.25) is 5.82 Å². The molecule has 0 radical (unpaired) electrons. The van der Waals surface area contributed by atoms with E-state index < -0.39 is 41.0 Å². The molecule has 2 aromatic heterocycles. The van der Waals surface area contributed by atoms with Crippen molar-refractivity contribution in [2.45, 2.75) is 37.5 Å². The Morgan fingerprint density at radius 2 is 1.83 bits per heavy atom. The molecule has 0 spiro atoms. The lowest BCUT2D eigenvalue weighted by Crippen LogP contribution is -2.38. The largest absolute Gasteiger partial charge is 0.573 e. The zero-order valence-electron chi connectivity index (χ0n) is 18.8. The molecule has 1 unspecified atom stereocenters. The average Bonchev–Trinajstić information content (AvgIpc) is 3.51. The lowest BCUT2D eigenvalue weighted by atomic mass is 9.87. The summed E-state index contributed by atoms with van der Waals surface area (Å²) < 4.78 is 89.3. The van der Waals surface area contributed by atoms with Crippen molar-refractivity contribution in [2.24, 2.45) is 0 Å². The van der Waals surface area contributed by atoms with Crippen LogP contribution < -0.4 is 4.74 Å². The highest BCUT2D eigenvalue weighted by Crippen LogP contribution is 2.37. The number of carbonyl (C=O) groups is 1. The zero-order chi connectivity index (χ0) is 25.6. The summed E-state index contributed by atoms with van der Waals surface area (Å²) in [4.78, 5) is 21.5. The number of nitrogens with zero attached hydrogens (tertiary/aromatic N) is 2. The molecule has 1 N–H and O–H groups in total. The molecule has 2 aliphatic heterocycles. The van der Waals surface area contributed by atoms with Crippen molar-refractivity contribution in [3.05, 3.63) is 58.7 Å². The Balaban J connectivity index is 1.33. The number of ether oxygens (including phenoxy) is 2. The molecule has 2 fully saturated rings. The van der Waals surface area contributed by atoms with Crippen LogP contribution in [-0.2, 0) is 4.74 Å². The van der Waals surface area contributed by atoms with Crippen LogP contribution in [0.15, 0.2) is 24.4 Å². The summed E-state index contributed by atoms with van der Waals surface area (Å²) >= 11 is 0. The molecule has 192 valence electrons. The SMILES string of the molecule is O=C(c1ccc(OC(F)(F)F)c(F)c1F)N1CCC(c2c(F)cnc3[nH]c(C4CCOC4)cc23)CC1. The number of aromatic amines is 1. The van der Waals surface area contributed by atoms with Crippen LogP contribution in [0.2, 0.25) is 0 Å². The number of fused-ring (bicyclic) bond motifs is 1. The Labute approximate surface area is 201 Å². The maximum Gasteiger partial charge on any atom is 0.573 e. The van der Waals surface area contributed by atoms with Gasteiger partial charge in [0.15, 0.2) is 11.6 Å². The Bertz CT molecular complexity index is 1290. The van der Waals surface area contributed by atoms with Gasteiger partial charge < -0.3 is 19.4 Å². The first-order chi connectivity index (χ1) is 17.1. The van der Waals surface area contributed by atoms with Gasteiger partial charge in [-0.3, -0.25) is 4.79 Å². The third kappa shape index (κ3) is 4.61. The van der Waals surface area contributed by atoms with Crippen LogP contribution in [0.1, 0.15) is 52.7 Å². The van der Waals surface area contributed by atoms with Gasteiger partial charge in [0, 0.05) is 42.3 Å². The molecule has 0 aliphatic carbocycles. The van der Waals surface area contributed by atoms with E-state index in [2.05, 4.69) is 14.7 Å². The fourth-order valence-electron chi connectivity index (χ4n) is 4.95. The third-order valence-corrected chi connectivity index (χ3v) is 6.74. The molecule has 3 aromatic rings. The molecular weight excluding hydrogens is 492 g/mol. The van der Waals surface area contributed by atoms with Crippen molar-refractivity contribution < 1.29 is 40.6 Å². The van der Waals surface area contributed by atoms with Gasteiger partial charge in [0.05, 0.1) is 18.4 Å². The lowest BCUT2D eigenvalue weighted by Gasteiger charge is -2.32. The van der Waals surface area contributed by atoms with E-state index >= 15 is 0 Å². The monoisotopic (exact) mass is 513 g/mol. The number of pyridine rings is 1. The van der Waals surface area contributed by atoms with E-state index in [1.54, 1.807) is 0 Å². The maximum absolute atomic E-state index is 14.9. The molecular formula is C24H21F6N3O3. The third-order valence-electron chi connectivity index (χ3n) is 6.74. The molecule has 6 nitrogen and oxygen atoms in total. The molecule has 4 heterocycles. The molecule has 1 atom stereocenters. The van der Waals surface area contributed by atoms with Crippen LogP contribution >= 0.6 is 0 Å². The first-order valence-corrected chi connectivity index (χ1v) is 11.4. The maximum atomic E-state index is 14.9. The normalized spacial score (nSPS) is 19.3. The summed E-state index contributed by atoms with van der Waals surface area (Å²) in [6, 6.07) is 3.21. The van der Waals surface area contributed by atoms with Gasteiger partial charge in [0.1, 0.15) is 11.5 Å². The minimum atomic E-state index is -5.21. The molecule has 2 aliphatic rings. The standard InChI is InChI=1S/C24H21F6N3O3/c25-16-10-31-22-15(9-17(32-22)13-5-8-35-11-13)19(16)12-3-6-33(7-4-12)23(34)14-1-2-18(21(27)20(14)26)36-24(28,29)30/h1-2,9-10,12-13H,3-8,11H2,(H,31,32). The number of aromatic nitrogens is 2. The number of H-pyrrole nitrogens is 1. The fraction of sp³-hybridized carbons (Fsp3) is 0.417. The van der Waals surface area contributed by atoms with E-state index in [-0.39, 0.29) is 24.9 Å². The Kier molecular flexibility index (Phi) is 6.31. The number of carbonyl (C=O) groups excluding carboxylic acids is 1. The number of piperidine rings is 1. The molecule has 1 aromatic carbocycles. The smallest absolute Gasteiger partial charge is 0.403 e. The minimum Gasteiger partial charge on any atom is -0.403 e. The summed E-state index contributed by atoms with van der Waals surface area (Å²) in [7, 11) is 0. The van der Waals surface area contributed by atoms with Crippen LogP contribution in [0.4, 0.5) is 26.3 Å². The van der Waals surface area contributed by atoms with E-state index in [1.807, 2.05) is 6.07 Å². The van der Waals surface area contributed by atoms with E-state index in [9.17, 15) is 31.1 Å². The molecule has 12 heteroatoms. The highest BCUT2D eigenvalue weighted by atomic mass is 19.4. The van der Waals surface area contributed by atoms with Gasteiger partial charge >= 0.3 is 6.36 Å². The summed E-state index contributed by atoms with van der Waals surface area (Å²) in [5, 5.41) is 0.662. The number of likely N-dealkylation sites (tertiary alicyclic amines) is 1. The van der Waals surface area contributed by atoms with E-state index in [0.717, 1.165) is 24.4 Å². The van der Waals surface area contributed by atoms with Crippen LogP contribution in [0.25, 0.3) is 11.0 Å². The van der Waals surface area contributed by atoms with Crippen molar-refractivity contribution >= 4 is 16.9 Å². The van der Waals surface area contributed by atoms with Crippen LogP contribution in [0, 0.1) is 17.5 Å². The Morgan fingerprint density at radius 3 is 2.50 bits per heavy atom. The van der Waals surface area contributed by atoms with Gasteiger partial charge in [-0.1, -0.05) is 0 Å². The lowest BCUT2D eigenvalue weighted by molar-refractivity contribution is -0.275. The summed E-state index contributed by atoms with van der Waals surface area (Å²) in [6.45, 7) is 1.49. The Hall–Kier alpha value is -3.28. The molecule has 5 rings (SSSR count). The number of hydrogen-bond acceptors (Lipinski definition) is 4. The van der Waals surface area contributed by atoms with E-state index in [4.69, 9.17) is 4.74 Å². The molecule has 2 saturated heterocycles. The summed E-state index contributed by atoms with van der Waals surface area (Å²) in [6.07, 6.45) is -2.49. The van der Waals surface area contributed by atoms with Gasteiger partial charge in [0.25, 0.3) is 5.91 Å². The number of amides is 1. The zero-order valence-corrected chi connectivity index (χ0v) is 18.8. The predicted octanol–water partition coefficient (Wildman–Crippen LogP) is 5.40. The average molecular weight is 513 g/mol. The first kappa shape index (κ1) is 24.4. The topological polar surface area (TPSA) is 67.5 Å². The Morgan fingerprint density at radius 1 is 1.08 bits per heavy atom. The van der Waals surface area contributed by atoms with Crippen LogP contribution in [-0.4, -0.2) is 53.4 Å². The van der Waals surface area contributed by atoms with Crippen molar-refractivity contribution in [3.63, 3.8) is 0 Å². The van der Waals surface area contributed by atoms with Crippen LogP contribution in [0.5, 0.6) is 5.75 Å². The van der Waals surface area contributed by atoms with Crippen LogP contribution in [0.3, 0.4) is 0 Å². The number of nitrogens with one attached hydrogen (secondary N) is 1. The van der Waals surface area contributed by atoms with Crippen molar-refractivity contribution in [2.75, 3.05) is 26.3 Å². The fourth-order valence-corrected chi connectivity index (χ4v) is 4.95. The summed E-state index contributed by atoms with van der Waals surface area (Å²) in [5.74, 6) is -6.37. The molecule has 1 amide bonds. The number of halogens is 6. The first-order valence-electron chi connectivity index (χ1n) is 11.4. The number of rotatable bonds is 4. The van der Waals surface area contributed by atoms with E-state index in [1.165, 1.54) is 4.90 Å². The highest BCUT2D eigenvalue weighted by Gasteiger charge is 2.35. The quantitative estimate of drug-likeness (QED) is 0.475. The highest BCUT2D eigenvalue weighted by molar-refractivity contribution is 5.94. The number of hydrogen-bond donors (Lipinski definition) is 1. The van der Waals surface area contributed by atoms with E-state index in [0.29, 0.717) is 48.7 Å². The van der Waals surface area contributed by atoms with Gasteiger partial charge in [-0.25, -0.2) is 13.8 Å². The second kappa shape index (κ2) is 9.30. The van der Waals surface area contributed by atoms with Crippen molar-refractivity contribution in [1.82, 2.24) is 14.9 Å². The predicted molar refractivity (Wildman–Crippen MR) is 115 cm³/mol. The second-order valence-electron chi connectivity index (χ2n) is 8.92. The number of benzene rings is 1. The van der Waals surface area contributed by atoms with Crippen molar-refractivity contribution in [1.29, 1.82) is 0 Å². The minimum absolute atomic E-state index is 0.127. The molecule has 36 heavy (non-hydrogen) atoms. The molecule has 0 bridgehead atoms.